The first-order valence-corrected chi connectivity index (χ1v) is 7.53. The third-order valence-electron chi connectivity index (χ3n) is 2.10. The molecule has 0 fully saturated rings. The van der Waals surface area contributed by atoms with Crippen LogP contribution in [-0.2, 0) is 15.4 Å². The summed E-state index contributed by atoms with van der Waals surface area (Å²) in [5, 5.41) is 0.561. The van der Waals surface area contributed by atoms with Gasteiger partial charge in [0.1, 0.15) is 5.75 Å². The number of methoxy groups -OCH3 is 1. The molecule has 90 valence electrons. The number of sulfonamides is 1. The Hall–Kier alpha value is -0.750. The first-order valence-electron chi connectivity index (χ1n) is 4.75. The van der Waals surface area contributed by atoms with E-state index in [1.165, 1.54) is 0 Å². The first kappa shape index (κ1) is 13.3. The van der Waals surface area contributed by atoms with Gasteiger partial charge < -0.3 is 4.74 Å². The number of nitrogens with one attached hydrogen (secondary N) is 1. The Kier molecular flexibility index (Phi) is 4.61. The van der Waals surface area contributed by atoms with Gasteiger partial charge in [0, 0.05) is 5.33 Å². The van der Waals surface area contributed by atoms with Crippen LogP contribution in [-0.4, -0.2) is 21.3 Å². The lowest BCUT2D eigenvalue weighted by atomic mass is 10.2. The maximum atomic E-state index is 11.4. The molecule has 0 aliphatic rings. The summed E-state index contributed by atoms with van der Waals surface area (Å²) in [5.41, 5.74) is 1.43. The van der Waals surface area contributed by atoms with Crippen molar-refractivity contribution in [3.8, 4) is 5.75 Å². The van der Waals surface area contributed by atoms with E-state index >= 15 is 0 Å². The molecule has 0 amide bonds. The van der Waals surface area contributed by atoms with E-state index in [2.05, 4.69) is 20.7 Å². The predicted octanol–water partition coefficient (Wildman–Crippen LogP) is 2.35. The van der Waals surface area contributed by atoms with Crippen molar-refractivity contribution >= 4 is 31.6 Å². The smallest absolute Gasteiger partial charge is 0.232 e. The molecular weight excluding hydrogens is 294 g/mol. The molecule has 6 heteroatoms. The van der Waals surface area contributed by atoms with Crippen molar-refractivity contribution in [2.45, 2.75) is 12.3 Å². The molecule has 0 aliphatic carbocycles. The summed E-state index contributed by atoms with van der Waals surface area (Å²) in [6, 6.07) is 5.21. The molecular formula is C10H14BrNO3S. The molecule has 4 nitrogen and oxygen atoms in total. The van der Waals surface area contributed by atoms with E-state index in [-0.39, 0.29) is 5.75 Å². The fourth-order valence-electron chi connectivity index (χ4n) is 1.15. The van der Waals surface area contributed by atoms with E-state index in [9.17, 15) is 8.42 Å². The maximum absolute atomic E-state index is 11.4. The summed E-state index contributed by atoms with van der Waals surface area (Å²) >= 11 is 3.31. The van der Waals surface area contributed by atoms with Crippen LogP contribution in [0.25, 0.3) is 0 Å². The highest BCUT2D eigenvalue weighted by molar-refractivity contribution is 9.08. The van der Waals surface area contributed by atoms with E-state index in [1.807, 2.05) is 0 Å². The van der Waals surface area contributed by atoms with Gasteiger partial charge in [-0.15, -0.1) is 0 Å². The Bertz CT molecular complexity index is 459. The molecule has 1 rings (SSSR count). The van der Waals surface area contributed by atoms with Crippen LogP contribution in [0.2, 0.25) is 0 Å². The first-order chi connectivity index (χ1) is 7.52. The third kappa shape index (κ3) is 3.38. The number of halogens is 1. The molecule has 1 aromatic rings. The summed E-state index contributed by atoms with van der Waals surface area (Å²) in [4.78, 5) is 0. The fourth-order valence-corrected chi connectivity index (χ4v) is 2.29. The number of benzene rings is 1. The molecule has 0 saturated carbocycles. The fraction of sp³-hybridized carbons (Fsp3) is 0.400. The van der Waals surface area contributed by atoms with Crippen LogP contribution in [0.15, 0.2) is 18.2 Å². The average Bonchev–Trinajstić information content (AvgIpc) is 2.29. The number of alkyl halides is 1. The highest BCUT2D eigenvalue weighted by atomic mass is 79.9. The minimum absolute atomic E-state index is 0.0563. The lowest BCUT2D eigenvalue weighted by molar-refractivity contribution is 0.414. The van der Waals surface area contributed by atoms with Gasteiger partial charge in [0.25, 0.3) is 0 Å². The summed E-state index contributed by atoms with van der Waals surface area (Å²) < 4.78 is 30.5. The van der Waals surface area contributed by atoms with E-state index < -0.39 is 10.0 Å². The van der Waals surface area contributed by atoms with Crippen molar-refractivity contribution in [1.82, 2.24) is 0 Å². The van der Waals surface area contributed by atoms with Gasteiger partial charge in [0.15, 0.2) is 0 Å². The van der Waals surface area contributed by atoms with Gasteiger partial charge in [0.05, 0.1) is 18.6 Å². The largest absolute Gasteiger partial charge is 0.497 e. The van der Waals surface area contributed by atoms with Crippen LogP contribution in [0, 0.1) is 0 Å². The molecule has 0 saturated heterocycles. The van der Waals surface area contributed by atoms with Crippen LogP contribution >= 0.6 is 15.9 Å². The molecule has 1 N–H and O–H groups in total. The Morgan fingerprint density at radius 2 is 2.12 bits per heavy atom. The summed E-state index contributed by atoms with van der Waals surface area (Å²) in [6.45, 7) is 1.60. The predicted molar refractivity (Wildman–Crippen MR) is 68.7 cm³/mol. The van der Waals surface area contributed by atoms with Gasteiger partial charge in [-0.1, -0.05) is 15.9 Å². The lowest BCUT2D eigenvalue weighted by Gasteiger charge is -2.11. The van der Waals surface area contributed by atoms with Crippen molar-refractivity contribution in [2.75, 3.05) is 17.6 Å². The molecule has 0 aliphatic heterocycles. The van der Waals surface area contributed by atoms with E-state index in [1.54, 1.807) is 32.2 Å². The van der Waals surface area contributed by atoms with Gasteiger partial charge in [0.2, 0.25) is 10.0 Å². The summed E-state index contributed by atoms with van der Waals surface area (Å²) in [7, 11) is -1.66. The van der Waals surface area contributed by atoms with Crippen LogP contribution in [0.1, 0.15) is 12.5 Å². The van der Waals surface area contributed by atoms with Crippen molar-refractivity contribution in [1.29, 1.82) is 0 Å². The van der Waals surface area contributed by atoms with E-state index in [0.29, 0.717) is 16.8 Å². The Labute approximate surface area is 104 Å². The van der Waals surface area contributed by atoms with Gasteiger partial charge in [-0.2, -0.15) is 0 Å². The average molecular weight is 308 g/mol. The highest BCUT2D eigenvalue weighted by Crippen LogP contribution is 2.24. The molecule has 1 aromatic carbocycles. The molecule has 16 heavy (non-hydrogen) atoms. The monoisotopic (exact) mass is 307 g/mol. The summed E-state index contributed by atoms with van der Waals surface area (Å²) in [5.74, 6) is 0.759. The number of rotatable bonds is 5. The molecule has 0 heterocycles. The number of ether oxygens (including phenoxy) is 1. The molecule has 0 atom stereocenters. The van der Waals surface area contributed by atoms with Crippen LogP contribution in [0.4, 0.5) is 5.69 Å². The minimum atomic E-state index is -3.24. The zero-order valence-corrected chi connectivity index (χ0v) is 11.6. The standard InChI is InChI=1S/C10H14BrNO3S/c1-3-16(13,14)12-10-5-4-9(15-2)6-8(10)7-11/h4-6,12H,3,7H2,1-2H3. The normalized spacial score (nSPS) is 11.2. The SMILES string of the molecule is CCS(=O)(=O)Nc1ccc(OC)cc1CBr. The zero-order chi connectivity index (χ0) is 12.2. The van der Waals surface area contributed by atoms with Crippen molar-refractivity contribution in [3.63, 3.8) is 0 Å². The Balaban J connectivity index is 3.05. The quantitative estimate of drug-likeness (QED) is 0.850. The second kappa shape index (κ2) is 5.54. The van der Waals surface area contributed by atoms with Crippen LogP contribution in [0.5, 0.6) is 5.75 Å². The molecule has 0 bridgehead atoms. The Morgan fingerprint density at radius 3 is 2.62 bits per heavy atom. The van der Waals surface area contributed by atoms with Gasteiger partial charge >= 0.3 is 0 Å². The van der Waals surface area contributed by atoms with Gasteiger partial charge in [-0.05, 0) is 30.7 Å². The second-order valence-electron chi connectivity index (χ2n) is 3.16. The van der Waals surface area contributed by atoms with Crippen molar-refractivity contribution in [2.24, 2.45) is 0 Å². The number of anilines is 1. The van der Waals surface area contributed by atoms with E-state index in [0.717, 1.165) is 5.56 Å². The second-order valence-corrected chi connectivity index (χ2v) is 5.73. The van der Waals surface area contributed by atoms with Crippen LogP contribution < -0.4 is 9.46 Å². The van der Waals surface area contributed by atoms with E-state index in [4.69, 9.17) is 4.74 Å². The molecule has 0 radical (unpaired) electrons. The van der Waals surface area contributed by atoms with Crippen LogP contribution in [0.3, 0.4) is 0 Å². The number of hydrogen-bond donors (Lipinski definition) is 1. The van der Waals surface area contributed by atoms with Crippen molar-refractivity contribution in [3.05, 3.63) is 23.8 Å². The zero-order valence-electron chi connectivity index (χ0n) is 9.16. The van der Waals surface area contributed by atoms with Gasteiger partial charge in [-0.3, -0.25) is 4.72 Å². The van der Waals surface area contributed by atoms with Crippen molar-refractivity contribution < 1.29 is 13.2 Å². The van der Waals surface area contributed by atoms with Gasteiger partial charge in [-0.25, -0.2) is 8.42 Å². The third-order valence-corrected chi connectivity index (χ3v) is 4.00. The highest BCUT2D eigenvalue weighted by Gasteiger charge is 2.10. The molecule has 0 unspecified atom stereocenters. The number of hydrogen-bond acceptors (Lipinski definition) is 3. The molecule has 0 aromatic heterocycles. The Morgan fingerprint density at radius 1 is 1.44 bits per heavy atom. The minimum Gasteiger partial charge on any atom is -0.497 e. The maximum Gasteiger partial charge on any atom is 0.232 e. The topological polar surface area (TPSA) is 55.4 Å². The lowest BCUT2D eigenvalue weighted by Crippen LogP contribution is -2.15. The summed E-state index contributed by atoms with van der Waals surface area (Å²) in [6.07, 6.45) is 0. The molecule has 0 spiro atoms.